The number of carbonyl (C=O) groups is 1. The number of rotatable bonds is 6. The Morgan fingerprint density at radius 2 is 1.96 bits per heavy atom. The Kier molecular flexibility index (Phi) is 5.08. The van der Waals surface area contributed by atoms with Crippen molar-refractivity contribution in [3.05, 3.63) is 70.4 Å². The Labute approximate surface area is 163 Å². The highest BCUT2D eigenvalue weighted by atomic mass is 35.5. The van der Waals surface area contributed by atoms with Crippen molar-refractivity contribution < 1.29 is 14.7 Å². The van der Waals surface area contributed by atoms with Crippen molar-refractivity contribution >= 4 is 28.5 Å². The number of para-hydroxylation sites is 1. The first kappa shape index (κ1) is 17.9. The highest BCUT2D eigenvalue weighted by Crippen LogP contribution is 2.39. The van der Waals surface area contributed by atoms with Gasteiger partial charge in [-0.25, -0.2) is 0 Å². The van der Waals surface area contributed by atoms with Gasteiger partial charge in [0.2, 0.25) is 0 Å². The molecule has 1 unspecified atom stereocenters. The lowest BCUT2D eigenvalue weighted by molar-refractivity contribution is -0.137. The van der Waals surface area contributed by atoms with Crippen LogP contribution >= 0.6 is 11.6 Å². The van der Waals surface area contributed by atoms with Gasteiger partial charge in [-0.3, -0.25) is 4.79 Å². The van der Waals surface area contributed by atoms with Gasteiger partial charge in [-0.15, -0.1) is 0 Å². The number of fused-ring (bicyclic) bond motifs is 3. The predicted octanol–water partition coefficient (Wildman–Crippen LogP) is 4.86. The number of aliphatic carboxylic acids is 1. The minimum Gasteiger partial charge on any atom is -0.481 e. The molecule has 0 bridgehead atoms. The molecule has 0 saturated heterocycles. The van der Waals surface area contributed by atoms with Crippen LogP contribution in [-0.2, 0) is 17.6 Å². The van der Waals surface area contributed by atoms with E-state index >= 15 is 0 Å². The van der Waals surface area contributed by atoms with Gasteiger partial charge >= 0.3 is 5.97 Å². The molecule has 4 nitrogen and oxygen atoms in total. The lowest BCUT2D eigenvalue weighted by atomic mass is 9.85. The molecule has 4 rings (SSSR count). The van der Waals surface area contributed by atoms with Crippen LogP contribution in [0.1, 0.15) is 42.0 Å². The van der Waals surface area contributed by atoms with Gasteiger partial charge in [0, 0.05) is 22.7 Å². The number of hydrogen-bond acceptors (Lipinski definition) is 2. The van der Waals surface area contributed by atoms with Crippen molar-refractivity contribution in [1.82, 2.24) is 4.73 Å². The maximum Gasteiger partial charge on any atom is 0.304 e. The minimum atomic E-state index is -0.758. The third-order valence-corrected chi connectivity index (χ3v) is 5.54. The summed E-state index contributed by atoms with van der Waals surface area (Å²) in [7, 11) is 0. The number of benzene rings is 2. The van der Waals surface area contributed by atoms with Gasteiger partial charge in [0.25, 0.3) is 0 Å². The Balaban J connectivity index is 1.64. The van der Waals surface area contributed by atoms with Gasteiger partial charge in [0.15, 0.2) is 0 Å². The Bertz CT molecular complexity index is 962. The third-order valence-electron chi connectivity index (χ3n) is 5.29. The number of aryl methyl sites for hydroxylation is 1. The standard InChI is InChI=1S/C22H22ClNO3/c23-17-10-8-15(9-11-17)12-13-27-24-20-7-2-1-5-18(20)19-6-3-4-16(22(19)24)14-21(25)26/h1-2,5,7-11,16H,3-4,6,12-14H2,(H,25,26). The maximum atomic E-state index is 11.4. The van der Waals surface area contributed by atoms with Crippen LogP contribution in [0.5, 0.6) is 0 Å². The quantitative estimate of drug-likeness (QED) is 0.661. The van der Waals surface area contributed by atoms with Crippen LogP contribution in [0.3, 0.4) is 0 Å². The average Bonchev–Trinajstić information content (AvgIpc) is 2.98. The normalized spacial score (nSPS) is 16.3. The van der Waals surface area contributed by atoms with Gasteiger partial charge in [-0.05, 0) is 48.6 Å². The van der Waals surface area contributed by atoms with E-state index in [1.165, 1.54) is 10.9 Å². The van der Waals surface area contributed by atoms with Gasteiger partial charge in [0.1, 0.15) is 6.61 Å². The number of carboxylic acids is 1. The van der Waals surface area contributed by atoms with Crippen LogP contribution in [-0.4, -0.2) is 22.4 Å². The van der Waals surface area contributed by atoms with E-state index in [2.05, 4.69) is 6.07 Å². The summed E-state index contributed by atoms with van der Waals surface area (Å²) in [4.78, 5) is 17.6. The van der Waals surface area contributed by atoms with Crippen molar-refractivity contribution in [3.63, 3.8) is 0 Å². The summed E-state index contributed by atoms with van der Waals surface area (Å²) in [5, 5.41) is 11.2. The Morgan fingerprint density at radius 3 is 2.74 bits per heavy atom. The molecule has 140 valence electrons. The van der Waals surface area contributed by atoms with E-state index < -0.39 is 5.97 Å². The minimum absolute atomic E-state index is 0.00539. The molecule has 1 aliphatic carbocycles. The van der Waals surface area contributed by atoms with Gasteiger partial charge in [0.05, 0.1) is 17.6 Å². The monoisotopic (exact) mass is 383 g/mol. The molecular formula is C22H22ClNO3. The largest absolute Gasteiger partial charge is 0.481 e. The number of halogens is 1. The average molecular weight is 384 g/mol. The van der Waals surface area contributed by atoms with E-state index in [4.69, 9.17) is 16.4 Å². The molecular weight excluding hydrogens is 362 g/mol. The van der Waals surface area contributed by atoms with Crippen LogP contribution in [0, 0.1) is 0 Å². The summed E-state index contributed by atoms with van der Waals surface area (Å²) in [5.41, 5.74) is 4.47. The smallest absolute Gasteiger partial charge is 0.304 e. The summed E-state index contributed by atoms with van der Waals surface area (Å²) in [6.07, 6.45) is 3.78. The van der Waals surface area contributed by atoms with Gasteiger partial charge < -0.3 is 9.94 Å². The molecule has 5 heteroatoms. The Hall–Kier alpha value is -2.46. The summed E-state index contributed by atoms with van der Waals surface area (Å²) < 4.78 is 1.90. The molecule has 2 aromatic carbocycles. The van der Waals surface area contributed by atoms with Gasteiger partial charge in [-0.1, -0.05) is 41.9 Å². The first-order chi connectivity index (χ1) is 13.1. The molecule has 0 aliphatic heterocycles. The molecule has 1 heterocycles. The number of carboxylic acid groups (broad SMARTS) is 1. The Morgan fingerprint density at radius 1 is 1.19 bits per heavy atom. The van der Waals surface area contributed by atoms with Crippen molar-refractivity contribution in [2.24, 2.45) is 0 Å². The van der Waals surface area contributed by atoms with Crippen molar-refractivity contribution in [3.8, 4) is 0 Å². The molecule has 1 N–H and O–H groups in total. The van der Waals surface area contributed by atoms with Crippen LogP contribution < -0.4 is 4.84 Å². The second-order valence-electron chi connectivity index (χ2n) is 7.07. The van der Waals surface area contributed by atoms with Crippen LogP contribution in [0.2, 0.25) is 5.02 Å². The molecule has 0 radical (unpaired) electrons. The predicted molar refractivity (Wildman–Crippen MR) is 106 cm³/mol. The summed E-state index contributed by atoms with van der Waals surface area (Å²) in [6.45, 7) is 0.520. The molecule has 27 heavy (non-hydrogen) atoms. The molecule has 1 aliphatic rings. The fourth-order valence-corrected chi connectivity index (χ4v) is 4.21. The van der Waals surface area contributed by atoms with Crippen LogP contribution in [0.25, 0.3) is 10.9 Å². The van der Waals surface area contributed by atoms with E-state index in [-0.39, 0.29) is 12.3 Å². The summed E-state index contributed by atoms with van der Waals surface area (Å²) in [6, 6.07) is 16.0. The van der Waals surface area contributed by atoms with E-state index in [0.717, 1.165) is 47.5 Å². The molecule has 0 fully saturated rings. The lowest BCUT2D eigenvalue weighted by Crippen LogP contribution is -2.22. The fraction of sp³-hybridized carbons (Fsp3) is 0.318. The fourth-order valence-electron chi connectivity index (χ4n) is 4.09. The highest BCUT2D eigenvalue weighted by Gasteiger charge is 2.30. The zero-order valence-electron chi connectivity index (χ0n) is 15.0. The topological polar surface area (TPSA) is 51.5 Å². The first-order valence-corrected chi connectivity index (χ1v) is 9.73. The zero-order valence-corrected chi connectivity index (χ0v) is 15.8. The highest BCUT2D eigenvalue weighted by molar-refractivity contribution is 6.30. The van der Waals surface area contributed by atoms with Gasteiger partial charge in [-0.2, -0.15) is 4.73 Å². The van der Waals surface area contributed by atoms with E-state index in [1.54, 1.807) is 0 Å². The second kappa shape index (κ2) is 7.65. The van der Waals surface area contributed by atoms with Crippen molar-refractivity contribution in [2.75, 3.05) is 6.61 Å². The molecule has 0 saturated carbocycles. The molecule has 0 spiro atoms. The lowest BCUT2D eigenvalue weighted by Gasteiger charge is -2.24. The maximum absolute atomic E-state index is 11.4. The van der Waals surface area contributed by atoms with E-state index in [9.17, 15) is 9.90 Å². The molecule has 3 aromatic rings. The third kappa shape index (κ3) is 3.67. The summed E-state index contributed by atoms with van der Waals surface area (Å²) >= 11 is 5.95. The summed E-state index contributed by atoms with van der Waals surface area (Å²) in [5.74, 6) is -0.764. The van der Waals surface area contributed by atoms with Crippen molar-refractivity contribution in [1.29, 1.82) is 0 Å². The van der Waals surface area contributed by atoms with E-state index in [0.29, 0.717) is 6.61 Å². The van der Waals surface area contributed by atoms with Crippen LogP contribution in [0.4, 0.5) is 0 Å². The zero-order chi connectivity index (χ0) is 18.8. The number of hydrogen-bond donors (Lipinski definition) is 1. The van der Waals surface area contributed by atoms with Crippen LogP contribution in [0.15, 0.2) is 48.5 Å². The van der Waals surface area contributed by atoms with E-state index in [1.807, 2.05) is 47.2 Å². The SMILES string of the molecule is O=C(O)CC1CCCc2c1n(OCCc1ccc(Cl)cc1)c1ccccc21. The van der Waals surface area contributed by atoms with Crippen molar-refractivity contribution in [2.45, 2.75) is 38.0 Å². The number of aromatic nitrogens is 1. The molecule has 1 atom stereocenters. The first-order valence-electron chi connectivity index (χ1n) is 9.35. The molecule has 1 aromatic heterocycles. The second-order valence-corrected chi connectivity index (χ2v) is 7.51. The molecule has 0 amide bonds. The number of nitrogens with zero attached hydrogens (tertiary/aromatic N) is 1.